The number of carbonyl (C=O) groups excluding carboxylic acids is 2. The summed E-state index contributed by atoms with van der Waals surface area (Å²) in [6, 6.07) is 5.53. The molecule has 1 unspecified atom stereocenters. The van der Waals surface area contributed by atoms with Crippen molar-refractivity contribution in [3.8, 4) is 5.75 Å². The predicted octanol–water partition coefficient (Wildman–Crippen LogP) is 2.22. The lowest BCUT2D eigenvalue weighted by Gasteiger charge is -2.37. The van der Waals surface area contributed by atoms with E-state index in [9.17, 15) is 9.59 Å². The summed E-state index contributed by atoms with van der Waals surface area (Å²) in [6.45, 7) is 6.62. The van der Waals surface area contributed by atoms with E-state index in [1.807, 2.05) is 35.8 Å². The quantitative estimate of drug-likeness (QED) is 0.821. The zero-order valence-electron chi connectivity index (χ0n) is 14.1. The van der Waals surface area contributed by atoms with Crippen molar-refractivity contribution < 1.29 is 14.3 Å². The molecule has 0 N–H and O–H groups in total. The molecule has 0 aromatic heterocycles. The van der Waals surface area contributed by atoms with Gasteiger partial charge in [-0.25, -0.2) is 0 Å². The number of fused-ring (bicyclic) bond motifs is 1. The summed E-state index contributed by atoms with van der Waals surface area (Å²) in [6.07, 6.45) is 0.653. The largest absolute Gasteiger partial charge is 0.492 e. The number of hydrogen-bond donors (Lipinski definition) is 0. The van der Waals surface area contributed by atoms with Crippen LogP contribution in [-0.4, -0.2) is 54.4 Å². The first kappa shape index (κ1) is 17.1. The van der Waals surface area contributed by atoms with Crippen molar-refractivity contribution in [3.63, 3.8) is 0 Å². The number of nitrogens with zero attached hydrogens (tertiary/aromatic N) is 2. The highest BCUT2D eigenvalue weighted by Gasteiger charge is 2.32. The van der Waals surface area contributed by atoms with E-state index in [-0.39, 0.29) is 23.7 Å². The predicted molar refractivity (Wildman–Crippen MR) is 92.1 cm³/mol. The van der Waals surface area contributed by atoms with Crippen LogP contribution < -0.4 is 4.74 Å². The van der Waals surface area contributed by atoms with Crippen LogP contribution in [0, 0.1) is 11.8 Å². The lowest BCUT2D eigenvalue weighted by molar-refractivity contribution is -0.144. The Morgan fingerprint density at radius 3 is 2.50 bits per heavy atom. The number of hydrogen-bond acceptors (Lipinski definition) is 3. The minimum absolute atomic E-state index is 0.000228. The monoisotopic (exact) mass is 350 g/mol. The Bertz CT molecular complexity index is 639. The Balaban J connectivity index is 1.59. The van der Waals surface area contributed by atoms with Crippen molar-refractivity contribution in [1.29, 1.82) is 0 Å². The van der Waals surface area contributed by atoms with Crippen LogP contribution in [0.1, 0.15) is 19.4 Å². The van der Waals surface area contributed by atoms with E-state index < -0.39 is 0 Å². The average molecular weight is 351 g/mol. The van der Waals surface area contributed by atoms with Gasteiger partial charge in [-0.2, -0.15) is 0 Å². The Labute approximate surface area is 147 Å². The van der Waals surface area contributed by atoms with Crippen LogP contribution in [0.2, 0.25) is 5.02 Å². The van der Waals surface area contributed by atoms with E-state index >= 15 is 0 Å². The summed E-state index contributed by atoms with van der Waals surface area (Å²) in [5.41, 5.74) is 0.987. The highest BCUT2D eigenvalue weighted by atomic mass is 35.5. The normalized spacial score (nSPS) is 20.6. The summed E-state index contributed by atoms with van der Waals surface area (Å²) >= 11 is 6.04. The van der Waals surface area contributed by atoms with Gasteiger partial charge in [0.1, 0.15) is 12.4 Å². The lowest BCUT2D eigenvalue weighted by Crippen LogP contribution is -2.53. The average Bonchev–Trinajstić information content (AvgIpc) is 2.59. The van der Waals surface area contributed by atoms with Gasteiger partial charge in [-0.1, -0.05) is 25.4 Å². The molecule has 1 aromatic rings. The second-order valence-electron chi connectivity index (χ2n) is 6.77. The van der Waals surface area contributed by atoms with E-state index in [1.54, 1.807) is 6.07 Å². The minimum Gasteiger partial charge on any atom is -0.492 e. The van der Waals surface area contributed by atoms with E-state index in [0.717, 1.165) is 11.3 Å². The minimum atomic E-state index is -0.177. The van der Waals surface area contributed by atoms with E-state index in [4.69, 9.17) is 16.3 Å². The fraction of sp³-hybridized carbons (Fsp3) is 0.556. The molecule has 0 saturated carbocycles. The highest BCUT2D eigenvalue weighted by molar-refractivity contribution is 6.30. The summed E-state index contributed by atoms with van der Waals surface area (Å²) < 4.78 is 5.72. The Morgan fingerprint density at radius 1 is 1.17 bits per heavy atom. The Hall–Kier alpha value is -1.75. The van der Waals surface area contributed by atoms with E-state index in [0.29, 0.717) is 44.2 Å². The van der Waals surface area contributed by atoms with E-state index in [1.165, 1.54) is 0 Å². The Kier molecular flexibility index (Phi) is 4.99. The maximum absolute atomic E-state index is 12.8. The first-order valence-corrected chi connectivity index (χ1v) is 8.82. The number of amides is 2. The molecule has 6 heteroatoms. The van der Waals surface area contributed by atoms with Crippen molar-refractivity contribution in [2.24, 2.45) is 11.8 Å². The molecule has 130 valence electrons. The molecule has 1 fully saturated rings. The van der Waals surface area contributed by atoms with Crippen LogP contribution in [0.4, 0.5) is 0 Å². The van der Waals surface area contributed by atoms with Crippen molar-refractivity contribution in [2.75, 3.05) is 32.8 Å². The zero-order valence-corrected chi connectivity index (χ0v) is 14.9. The van der Waals surface area contributed by atoms with Crippen molar-refractivity contribution in [1.82, 2.24) is 9.80 Å². The fourth-order valence-corrected chi connectivity index (χ4v) is 3.49. The first-order valence-electron chi connectivity index (χ1n) is 8.44. The van der Waals surface area contributed by atoms with Crippen LogP contribution in [0.5, 0.6) is 5.75 Å². The number of ether oxygens (including phenoxy) is 1. The molecule has 1 aromatic carbocycles. The van der Waals surface area contributed by atoms with Crippen molar-refractivity contribution in [3.05, 3.63) is 28.8 Å². The molecule has 24 heavy (non-hydrogen) atoms. The molecule has 5 nitrogen and oxygen atoms in total. The molecule has 2 amide bonds. The first-order chi connectivity index (χ1) is 11.5. The van der Waals surface area contributed by atoms with Crippen molar-refractivity contribution >= 4 is 23.4 Å². The summed E-state index contributed by atoms with van der Waals surface area (Å²) in [5, 5.41) is 0.659. The maximum Gasteiger partial charge on any atom is 0.229 e. The molecule has 1 saturated heterocycles. The third-order valence-corrected chi connectivity index (χ3v) is 4.91. The topological polar surface area (TPSA) is 49.9 Å². The standard InChI is InChI=1S/C18H23ClN2O3/c1-12(2)17(22)20-5-7-21(8-6-20)18(23)14-9-13-10-15(19)3-4-16(13)24-11-14/h3-4,10,12,14H,5-9,11H2,1-2H3. The van der Waals surface area contributed by atoms with Gasteiger partial charge in [0.25, 0.3) is 0 Å². The molecular weight excluding hydrogens is 328 g/mol. The molecule has 0 spiro atoms. The van der Waals surface area contributed by atoms with Crippen molar-refractivity contribution in [2.45, 2.75) is 20.3 Å². The van der Waals surface area contributed by atoms with Gasteiger partial charge < -0.3 is 14.5 Å². The van der Waals surface area contributed by atoms with Gasteiger partial charge in [-0.15, -0.1) is 0 Å². The van der Waals surface area contributed by atoms with Gasteiger partial charge in [-0.3, -0.25) is 9.59 Å². The third-order valence-electron chi connectivity index (χ3n) is 4.68. The smallest absolute Gasteiger partial charge is 0.229 e. The molecule has 2 aliphatic rings. The van der Waals surface area contributed by atoms with Crippen LogP contribution in [-0.2, 0) is 16.0 Å². The number of piperazine rings is 1. The van der Waals surface area contributed by atoms with Crippen LogP contribution >= 0.6 is 11.6 Å². The van der Waals surface area contributed by atoms with E-state index in [2.05, 4.69) is 0 Å². The number of carbonyl (C=O) groups is 2. The molecule has 0 bridgehead atoms. The molecule has 3 rings (SSSR count). The van der Waals surface area contributed by atoms with Gasteiger partial charge in [0.2, 0.25) is 11.8 Å². The van der Waals surface area contributed by atoms with Crippen LogP contribution in [0.15, 0.2) is 18.2 Å². The van der Waals surface area contributed by atoms with Crippen LogP contribution in [0.3, 0.4) is 0 Å². The maximum atomic E-state index is 12.8. The second kappa shape index (κ2) is 7.01. The van der Waals surface area contributed by atoms with Gasteiger partial charge >= 0.3 is 0 Å². The van der Waals surface area contributed by atoms with Gasteiger partial charge in [0.15, 0.2) is 0 Å². The van der Waals surface area contributed by atoms with Crippen LogP contribution in [0.25, 0.3) is 0 Å². The molecule has 1 atom stereocenters. The number of halogens is 1. The van der Waals surface area contributed by atoms with Gasteiger partial charge in [0.05, 0.1) is 5.92 Å². The SMILES string of the molecule is CC(C)C(=O)N1CCN(C(=O)C2COc3ccc(Cl)cc3C2)CC1. The summed E-state index contributed by atoms with van der Waals surface area (Å²) in [4.78, 5) is 28.5. The zero-order chi connectivity index (χ0) is 17.3. The van der Waals surface area contributed by atoms with Gasteiger partial charge in [-0.05, 0) is 30.2 Å². The summed E-state index contributed by atoms with van der Waals surface area (Å²) in [5.74, 6) is 0.906. The Morgan fingerprint density at radius 2 is 1.83 bits per heavy atom. The van der Waals surface area contributed by atoms with Gasteiger partial charge in [0, 0.05) is 37.1 Å². The summed E-state index contributed by atoms with van der Waals surface area (Å²) in [7, 11) is 0. The molecule has 0 radical (unpaired) electrons. The molecule has 0 aliphatic carbocycles. The fourth-order valence-electron chi connectivity index (χ4n) is 3.29. The molecular formula is C18H23ClN2O3. The number of benzene rings is 1. The second-order valence-corrected chi connectivity index (χ2v) is 7.21. The lowest BCUT2D eigenvalue weighted by atomic mass is 9.95. The molecule has 2 heterocycles. The third kappa shape index (κ3) is 3.51. The highest BCUT2D eigenvalue weighted by Crippen LogP contribution is 2.30. The molecule has 2 aliphatic heterocycles. The number of rotatable bonds is 2.